The third-order valence-corrected chi connectivity index (χ3v) is 8.24. The maximum atomic E-state index is 9.27. The lowest BCUT2D eigenvalue weighted by atomic mass is 10.0. The van der Waals surface area contributed by atoms with E-state index in [4.69, 9.17) is 39.9 Å². The average Bonchev–Trinajstić information content (AvgIpc) is 3.93. The summed E-state index contributed by atoms with van der Waals surface area (Å²) in [6, 6.07) is 34.1. The smallest absolute Gasteiger partial charge is 0.227 e. The van der Waals surface area contributed by atoms with Crippen LogP contribution in [0, 0.1) is 0 Å². The number of nitrogens with zero attached hydrogens (tertiary/aromatic N) is 2. The Kier molecular flexibility index (Phi) is 6.91. The summed E-state index contributed by atoms with van der Waals surface area (Å²) in [6.07, 6.45) is 0. The van der Waals surface area contributed by atoms with Crippen molar-refractivity contribution in [3.05, 3.63) is 132 Å². The van der Waals surface area contributed by atoms with E-state index in [9.17, 15) is 10.2 Å². The Morgan fingerprint density at radius 1 is 0.500 bits per heavy atom. The highest BCUT2D eigenvalue weighted by molar-refractivity contribution is 7.81. The van der Waals surface area contributed by atoms with Crippen molar-refractivity contribution >= 4 is 39.3 Å². The summed E-state index contributed by atoms with van der Waals surface area (Å²) in [5.41, 5.74) is 7.86. The van der Waals surface area contributed by atoms with E-state index in [1.807, 2.05) is 97.1 Å². The van der Waals surface area contributed by atoms with E-state index in [0.29, 0.717) is 61.9 Å². The van der Waals surface area contributed by atoms with Gasteiger partial charge < -0.3 is 27.9 Å². The van der Waals surface area contributed by atoms with Gasteiger partial charge in [0.25, 0.3) is 0 Å². The number of oxazole rings is 2. The van der Waals surface area contributed by atoms with Crippen LogP contribution < -0.4 is 0 Å². The maximum absolute atomic E-state index is 9.27. The van der Waals surface area contributed by atoms with Crippen molar-refractivity contribution in [2.75, 3.05) is 0 Å². The van der Waals surface area contributed by atoms with Crippen LogP contribution in [0.1, 0.15) is 22.6 Å². The summed E-state index contributed by atoms with van der Waals surface area (Å²) < 4.78 is 23.4. The first-order chi connectivity index (χ1) is 22.5. The second kappa shape index (κ2) is 11.4. The molecule has 0 aliphatic heterocycles. The summed E-state index contributed by atoms with van der Waals surface area (Å²) in [4.78, 5) is 10.1. The van der Waals surface area contributed by atoms with E-state index >= 15 is 0 Å². The summed E-state index contributed by atoms with van der Waals surface area (Å²) in [5, 5.41) is 18.5. The highest BCUT2D eigenvalue weighted by atomic mass is 32.1. The van der Waals surface area contributed by atoms with Crippen LogP contribution in [0.5, 0.6) is 0 Å². The van der Waals surface area contributed by atoms with Crippen LogP contribution in [-0.4, -0.2) is 25.0 Å². The number of aliphatic hydroxyl groups excluding tert-OH is 2. The summed E-state index contributed by atoms with van der Waals surface area (Å²) in [6.45, 7) is -0.278. The molecular weight excluding hydrogens is 600 g/mol. The van der Waals surface area contributed by atoms with Crippen LogP contribution >= 0.6 is 12.2 Å². The highest BCUT2D eigenvalue weighted by Gasteiger charge is 2.15. The van der Waals surface area contributed by atoms with Gasteiger partial charge in [-0.25, -0.2) is 9.97 Å². The zero-order valence-electron chi connectivity index (χ0n) is 24.1. The Hall–Kier alpha value is -5.61. The molecule has 2 N–H and O–H groups in total. The van der Waals surface area contributed by atoms with Crippen LogP contribution in [0.4, 0.5) is 0 Å². The van der Waals surface area contributed by atoms with Crippen molar-refractivity contribution in [1.82, 2.24) is 9.97 Å². The number of aromatic nitrogens is 2. The molecule has 0 radical (unpaired) electrons. The molecule has 0 spiro atoms. The Morgan fingerprint density at radius 3 is 1.30 bits per heavy atom. The fraction of sp³-hybridized carbons (Fsp3) is 0.0541. The normalized spacial score (nSPS) is 11.5. The van der Waals surface area contributed by atoms with Gasteiger partial charge in [0.15, 0.2) is 11.2 Å². The fourth-order valence-electron chi connectivity index (χ4n) is 5.34. The number of furan rings is 2. The number of benzene rings is 4. The molecule has 0 unspecified atom stereocenters. The number of thiocarbonyl (C=S) groups is 1. The molecule has 9 heteroatoms. The molecule has 8 aromatic rings. The second-order valence-electron chi connectivity index (χ2n) is 10.7. The zero-order valence-corrected chi connectivity index (χ0v) is 25.0. The monoisotopic (exact) mass is 624 g/mol. The molecule has 8 nitrogen and oxygen atoms in total. The van der Waals surface area contributed by atoms with Crippen LogP contribution in [0.2, 0.25) is 0 Å². The predicted octanol–water partition coefficient (Wildman–Crippen LogP) is 8.57. The molecule has 0 bridgehead atoms. The minimum Gasteiger partial charge on any atom is -0.459 e. The number of rotatable bonds is 8. The van der Waals surface area contributed by atoms with Crippen molar-refractivity contribution in [1.29, 1.82) is 0 Å². The summed E-state index contributed by atoms with van der Waals surface area (Å²) in [5.74, 6) is 3.41. The molecular formula is C37H24N2O6S. The first kappa shape index (κ1) is 27.9. The lowest BCUT2D eigenvalue weighted by Gasteiger charge is -2.04. The van der Waals surface area contributed by atoms with E-state index in [2.05, 4.69) is 0 Å². The third kappa shape index (κ3) is 5.12. The predicted molar refractivity (Wildman–Crippen MR) is 177 cm³/mol. The van der Waals surface area contributed by atoms with Gasteiger partial charge in [0.05, 0.1) is 4.86 Å². The van der Waals surface area contributed by atoms with Crippen molar-refractivity contribution < 1.29 is 27.9 Å². The van der Waals surface area contributed by atoms with E-state index in [-0.39, 0.29) is 13.2 Å². The summed E-state index contributed by atoms with van der Waals surface area (Å²) >= 11 is 5.89. The minimum atomic E-state index is -0.139. The number of hydrogen-bond acceptors (Lipinski definition) is 9. The number of hydrogen-bond donors (Lipinski definition) is 2. The lowest BCUT2D eigenvalue weighted by Crippen LogP contribution is -1.99. The average molecular weight is 625 g/mol. The molecule has 224 valence electrons. The molecule has 0 saturated heterocycles. The fourth-order valence-corrected chi connectivity index (χ4v) is 5.60. The standard InChI is InChI=1S/C37H24N2O6S/c40-19-27-11-15-31(42-27)21-1-5-23(6-2-21)36-38-29-17-25(9-13-33(29)44-36)35(46)26-10-14-34-30(18-26)39-37(45-34)24-7-3-22(4-8-24)32-16-12-28(20-41)43-32/h1-18,40-41H,19-20H2. The van der Waals surface area contributed by atoms with Gasteiger partial charge in [-0.2, -0.15) is 0 Å². The second-order valence-corrected chi connectivity index (χ2v) is 11.1. The molecule has 0 atom stereocenters. The van der Waals surface area contributed by atoms with E-state index < -0.39 is 0 Å². The molecule has 4 heterocycles. The Labute approximate surface area is 267 Å². The summed E-state index contributed by atoms with van der Waals surface area (Å²) in [7, 11) is 0. The SMILES string of the molecule is OCc1ccc(-c2ccc(-c3nc4cc(C(=S)c5ccc6oc(-c7ccc(-c8ccc(CO)o8)cc7)nc6c5)ccc4o3)cc2)o1. The van der Waals surface area contributed by atoms with Crippen molar-refractivity contribution in [3.63, 3.8) is 0 Å². The first-order valence-electron chi connectivity index (χ1n) is 14.5. The van der Waals surface area contributed by atoms with Gasteiger partial charge in [-0.05, 0) is 96.1 Å². The molecule has 0 aliphatic rings. The van der Waals surface area contributed by atoms with Crippen LogP contribution in [0.15, 0.2) is 127 Å². The van der Waals surface area contributed by atoms with Gasteiger partial charge in [-0.15, -0.1) is 0 Å². The van der Waals surface area contributed by atoms with Gasteiger partial charge in [0.2, 0.25) is 11.8 Å². The molecule has 4 aromatic carbocycles. The minimum absolute atomic E-state index is 0.139. The zero-order chi connectivity index (χ0) is 31.2. The third-order valence-electron chi connectivity index (χ3n) is 7.77. The van der Waals surface area contributed by atoms with E-state index in [0.717, 1.165) is 33.4 Å². The van der Waals surface area contributed by atoms with Gasteiger partial charge >= 0.3 is 0 Å². The Balaban J connectivity index is 1.02. The number of fused-ring (bicyclic) bond motifs is 2. The van der Waals surface area contributed by atoms with Crippen molar-refractivity contribution in [2.45, 2.75) is 13.2 Å². The molecule has 4 aromatic heterocycles. The van der Waals surface area contributed by atoms with Crippen LogP contribution in [0.3, 0.4) is 0 Å². The van der Waals surface area contributed by atoms with Crippen molar-refractivity contribution in [3.8, 4) is 45.6 Å². The molecule has 0 amide bonds. The maximum Gasteiger partial charge on any atom is 0.227 e. The molecule has 0 fully saturated rings. The molecule has 46 heavy (non-hydrogen) atoms. The van der Waals surface area contributed by atoms with E-state index in [1.54, 1.807) is 12.1 Å². The van der Waals surface area contributed by atoms with Gasteiger partial charge in [0.1, 0.15) is 47.3 Å². The largest absolute Gasteiger partial charge is 0.459 e. The molecule has 0 saturated carbocycles. The van der Waals surface area contributed by atoms with Gasteiger partial charge in [-0.3, -0.25) is 0 Å². The quantitative estimate of drug-likeness (QED) is 0.127. The van der Waals surface area contributed by atoms with Crippen LogP contribution in [-0.2, 0) is 13.2 Å². The Morgan fingerprint density at radius 2 is 0.913 bits per heavy atom. The van der Waals surface area contributed by atoms with Gasteiger partial charge in [0, 0.05) is 22.3 Å². The highest BCUT2D eigenvalue weighted by Crippen LogP contribution is 2.31. The van der Waals surface area contributed by atoms with Gasteiger partial charge in [-0.1, -0.05) is 36.5 Å². The molecule has 0 aliphatic carbocycles. The first-order valence-corrected chi connectivity index (χ1v) is 14.9. The van der Waals surface area contributed by atoms with Crippen molar-refractivity contribution in [2.24, 2.45) is 0 Å². The van der Waals surface area contributed by atoms with Crippen LogP contribution in [0.25, 0.3) is 67.8 Å². The molecule has 8 rings (SSSR count). The van der Waals surface area contributed by atoms with E-state index in [1.165, 1.54) is 0 Å². The lowest BCUT2D eigenvalue weighted by molar-refractivity contribution is 0.248. The Bertz CT molecular complexity index is 2190. The number of aliphatic hydroxyl groups is 2. The topological polar surface area (TPSA) is 119 Å².